The van der Waals surface area contributed by atoms with Crippen LogP contribution < -0.4 is 9.47 Å². The third-order valence-electron chi connectivity index (χ3n) is 5.00. The van der Waals surface area contributed by atoms with Gasteiger partial charge < -0.3 is 9.94 Å². The molecule has 1 atom stereocenters. The number of rotatable bonds is 2. The zero-order valence-electron chi connectivity index (χ0n) is 15.3. The van der Waals surface area contributed by atoms with E-state index in [4.69, 9.17) is 4.74 Å². The number of nitrogens with zero attached hydrogens (tertiary/aromatic N) is 2. The Morgan fingerprint density at radius 1 is 1.07 bits per heavy atom. The van der Waals surface area contributed by atoms with Crippen LogP contribution in [0, 0.1) is 16.5 Å². The van der Waals surface area contributed by atoms with Gasteiger partial charge in [0, 0.05) is 23.6 Å². The van der Waals surface area contributed by atoms with Crippen LogP contribution in [-0.4, -0.2) is 5.60 Å². The molecule has 4 rings (SSSR count). The molecule has 134 valence electrons. The Morgan fingerprint density at radius 3 is 2.56 bits per heavy atom. The fourth-order valence-electron chi connectivity index (χ4n) is 3.75. The SMILES string of the molecule is CC1(C)CC(c2ccc(-c3ccccc3)c[n+]2[O-])c2cc(C#N)ccc2O1. The predicted octanol–water partition coefficient (Wildman–Crippen LogP) is 4.55. The number of pyridine rings is 1. The molecule has 0 N–H and O–H groups in total. The number of hydrogen-bond acceptors (Lipinski definition) is 3. The zero-order chi connectivity index (χ0) is 19.0. The van der Waals surface area contributed by atoms with Gasteiger partial charge in [-0.25, -0.2) is 0 Å². The van der Waals surface area contributed by atoms with Gasteiger partial charge in [-0.2, -0.15) is 9.99 Å². The van der Waals surface area contributed by atoms with E-state index in [1.165, 1.54) is 0 Å². The lowest BCUT2D eigenvalue weighted by Crippen LogP contribution is -2.40. The predicted molar refractivity (Wildman–Crippen MR) is 103 cm³/mol. The van der Waals surface area contributed by atoms with E-state index in [9.17, 15) is 10.5 Å². The van der Waals surface area contributed by atoms with Crippen molar-refractivity contribution in [3.63, 3.8) is 0 Å². The normalized spacial score (nSPS) is 17.4. The van der Waals surface area contributed by atoms with Gasteiger partial charge in [0.15, 0.2) is 6.20 Å². The van der Waals surface area contributed by atoms with Crippen molar-refractivity contribution in [2.75, 3.05) is 0 Å². The van der Waals surface area contributed by atoms with Gasteiger partial charge in [-0.15, -0.1) is 0 Å². The van der Waals surface area contributed by atoms with Crippen LogP contribution in [-0.2, 0) is 0 Å². The van der Waals surface area contributed by atoms with Crippen LogP contribution in [0.5, 0.6) is 5.75 Å². The smallest absolute Gasteiger partial charge is 0.200 e. The number of hydrogen-bond donors (Lipinski definition) is 0. The highest BCUT2D eigenvalue weighted by molar-refractivity contribution is 5.61. The molecule has 4 heteroatoms. The number of ether oxygens (including phenoxy) is 1. The molecule has 27 heavy (non-hydrogen) atoms. The Bertz CT molecular complexity index is 1040. The average Bonchev–Trinajstić information content (AvgIpc) is 2.67. The molecule has 0 saturated carbocycles. The van der Waals surface area contributed by atoms with Gasteiger partial charge in [0.1, 0.15) is 11.4 Å². The molecule has 0 amide bonds. The minimum atomic E-state index is -0.392. The monoisotopic (exact) mass is 356 g/mol. The highest BCUT2D eigenvalue weighted by Gasteiger charge is 2.38. The van der Waals surface area contributed by atoms with Gasteiger partial charge >= 0.3 is 0 Å². The van der Waals surface area contributed by atoms with Gasteiger partial charge in [0.2, 0.25) is 5.69 Å². The first-order chi connectivity index (χ1) is 13.0. The highest BCUT2D eigenvalue weighted by Crippen LogP contribution is 2.43. The van der Waals surface area contributed by atoms with Crippen molar-refractivity contribution in [2.24, 2.45) is 0 Å². The van der Waals surface area contributed by atoms with Crippen LogP contribution in [0.2, 0.25) is 0 Å². The van der Waals surface area contributed by atoms with Crippen molar-refractivity contribution in [3.05, 3.63) is 88.9 Å². The topological polar surface area (TPSA) is 60.0 Å². The summed E-state index contributed by atoms with van der Waals surface area (Å²) in [5.41, 5.74) is 3.63. The Hall–Kier alpha value is -3.32. The van der Waals surface area contributed by atoms with Gasteiger partial charge in [-0.05, 0) is 43.7 Å². The van der Waals surface area contributed by atoms with E-state index in [0.29, 0.717) is 17.7 Å². The number of benzene rings is 2. The molecule has 1 aliphatic rings. The van der Waals surface area contributed by atoms with Crippen LogP contribution in [0.1, 0.15) is 43.0 Å². The van der Waals surface area contributed by atoms with Crippen molar-refractivity contribution >= 4 is 0 Å². The molecule has 4 nitrogen and oxygen atoms in total. The fraction of sp³-hybridized carbons (Fsp3) is 0.217. The number of aromatic nitrogens is 1. The lowest BCUT2D eigenvalue weighted by Gasteiger charge is -2.36. The van der Waals surface area contributed by atoms with E-state index < -0.39 is 5.60 Å². The third kappa shape index (κ3) is 3.24. The molecule has 1 unspecified atom stereocenters. The zero-order valence-corrected chi connectivity index (χ0v) is 15.3. The second-order valence-electron chi connectivity index (χ2n) is 7.52. The highest BCUT2D eigenvalue weighted by atomic mass is 16.5. The first-order valence-electron chi connectivity index (χ1n) is 8.98. The molecule has 3 aromatic rings. The summed E-state index contributed by atoms with van der Waals surface area (Å²) in [5, 5.41) is 22.2. The third-order valence-corrected chi connectivity index (χ3v) is 5.00. The van der Waals surface area contributed by atoms with E-state index in [1.807, 2.05) is 68.4 Å². The maximum Gasteiger partial charge on any atom is 0.200 e. The maximum absolute atomic E-state index is 12.9. The van der Waals surface area contributed by atoms with Gasteiger partial charge in [-0.3, -0.25) is 0 Å². The van der Waals surface area contributed by atoms with Crippen LogP contribution in [0.4, 0.5) is 0 Å². The fourth-order valence-corrected chi connectivity index (χ4v) is 3.75. The van der Waals surface area contributed by atoms with Crippen molar-refractivity contribution in [1.82, 2.24) is 0 Å². The molecule has 0 saturated heterocycles. The largest absolute Gasteiger partial charge is 0.618 e. The van der Waals surface area contributed by atoms with Crippen LogP contribution in [0.25, 0.3) is 11.1 Å². The van der Waals surface area contributed by atoms with Crippen LogP contribution >= 0.6 is 0 Å². The average molecular weight is 356 g/mol. The van der Waals surface area contributed by atoms with Crippen molar-refractivity contribution < 1.29 is 9.47 Å². The first-order valence-corrected chi connectivity index (χ1v) is 8.98. The first kappa shape index (κ1) is 17.1. The van der Waals surface area contributed by atoms with E-state index >= 15 is 0 Å². The summed E-state index contributed by atoms with van der Waals surface area (Å²) in [6.07, 6.45) is 2.29. The molecule has 0 spiro atoms. The van der Waals surface area contributed by atoms with E-state index in [-0.39, 0.29) is 5.92 Å². The summed E-state index contributed by atoms with van der Waals surface area (Å²) >= 11 is 0. The quantitative estimate of drug-likeness (QED) is 0.500. The molecule has 0 aliphatic carbocycles. The van der Waals surface area contributed by atoms with Gasteiger partial charge in [-0.1, -0.05) is 30.3 Å². The molecular formula is C23H20N2O2. The van der Waals surface area contributed by atoms with E-state index in [0.717, 1.165) is 27.2 Å². The minimum Gasteiger partial charge on any atom is -0.618 e. The molecule has 1 aliphatic heterocycles. The molecule has 2 heterocycles. The molecule has 1 aromatic heterocycles. The number of fused-ring (bicyclic) bond motifs is 1. The minimum absolute atomic E-state index is 0.126. The van der Waals surface area contributed by atoms with Crippen LogP contribution in [0.15, 0.2) is 66.9 Å². The van der Waals surface area contributed by atoms with Gasteiger partial charge in [0.25, 0.3) is 0 Å². The summed E-state index contributed by atoms with van der Waals surface area (Å²) in [4.78, 5) is 0. The second-order valence-corrected chi connectivity index (χ2v) is 7.52. The van der Waals surface area contributed by atoms with E-state index in [1.54, 1.807) is 12.3 Å². The lowest BCUT2D eigenvalue weighted by molar-refractivity contribution is -0.614. The lowest BCUT2D eigenvalue weighted by atomic mass is 9.81. The van der Waals surface area contributed by atoms with Gasteiger partial charge in [0.05, 0.1) is 17.6 Å². The van der Waals surface area contributed by atoms with Crippen molar-refractivity contribution in [2.45, 2.75) is 31.8 Å². The molecule has 2 aromatic carbocycles. The molecular weight excluding hydrogens is 336 g/mol. The molecule has 0 bridgehead atoms. The Morgan fingerprint density at radius 2 is 1.85 bits per heavy atom. The van der Waals surface area contributed by atoms with Crippen molar-refractivity contribution in [1.29, 1.82) is 5.26 Å². The summed E-state index contributed by atoms with van der Waals surface area (Å²) in [5.74, 6) is 0.613. The van der Waals surface area contributed by atoms with Crippen LogP contribution in [0.3, 0.4) is 0 Å². The maximum atomic E-state index is 12.9. The summed E-state index contributed by atoms with van der Waals surface area (Å²) in [6, 6.07) is 21.3. The Balaban J connectivity index is 1.80. The Kier molecular flexibility index (Phi) is 4.08. The summed E-state index contributed by atoms with van der Waals surface area (Å²) in [7, 11) is 0. The number of nitriles is 1. The molecule has 0 radical (unpaired) electrons. The Labute approximate surface area is 158 Å². The standard InChI is InChI=1S/C23H20N2O2/c1-23(2)13-20(19-12-16(14-24)8-11-22(19)27-23)21-10-9-18(15-25(21)26)17-6-4-3-5-7-17/h3-12,15,20H,13H2,1-2H3. The van der Waals surface area contributed by atoms with E-state index in [2.05, 4.69) is 6.07 Å². The van der Waals surface area contributed by atoms with Crippen molar-refractivity contribution in [3.8, 4) is 22.9 Å². The summed E-state index contributed by atoms with van der Waals surface area (Å²) < 4.78 is 7.04. The molecule has 0 fully saturated rings. The summed E-state index contributed by atoms with van der Waals surface area (Å²) in [6.45, 7) is 4.04. The second kappa shape index (κ2) is 6.44.